The molecule has 0 fully saturated rings. The molecule has 0 saturated heterocycles. The van der Waals surface area contributed by atoms with E-state index in [2.05, 4.69) is 19.6 Å². The predicted molar refractivity (Wildman–Crippen MR) is 148 cm³/mol. The molecule has 4 bridgehead atoms. The normalized spacial score (nSPS) is 15.9. The number of amides is 3. The van der Waals surface area contributed by atoms with Crippen molar-refractivity contribution in [1.29, 1.82) is 0 Å². The molecule has 1 atom stereocenters. The van der Waals surface area contributed by atoms with E-state index >= 15 is 0 Å². The zero-order valence-electron chi connectivity index (χ0n) is 22.3. The van der Waals surface area contributed by atoms with Crippen molar-refractivity contribution >= 4 is 39.1 Å². The molecule has 4 heterocycles. The highest BCUT2D eigenvalue weighted by Crippen LogP contribution is 2.34. The highest BCUT2D eigenvalue weighted by molar-refractivity contribution is 7.92. The van der Waals surface area contributed by atoms with Gasteiger partial charge in [0, 0.05) is 61.1 Å². The zero-order valence-corrected chi connectivity index (χ0v) is 23.2. The summed E-state index contributed by atoms with van der Waals surface area (Å²) in [7, 11) is -3.09. The topological polar surface area (TPSA) is 140 Å². The molecule has 218 valence electrons. The summed E-state index contributed by atoms with van der Waals surface area (Å²) in [6.45, 7) is 0.153. The lowest BCUT2D eigenvalue weighted by Gasteiger charge is -2.16. The van der Waals surface area contributed by atoms with Gasteiger partial charge in [-0.3, -0.25) is 19.3 Å². The molecule has 0 spiro atoms. The van der Waals surface area contributed by atoms with Crippen LogP contribution in [-0.4, -0.2) is 62.8 Å². The van der Waals surface area contributed by atoms with Crippen LogP contribution in [0.1, 0.15) is 18.4 Å². The van der Waals surface area contributed by atoms with Gasteiger partial charge in [0.2, 0.25) is 5.88 Å². The Morgan fingerprint density at radius 2 is 1.81 bits per heavy atom. The van der Waals surface area contributed by atoms with Crippen molar-refractivity contribution in [2.24, 2.45) is 4.36 Å². The van der Waals surface area contributed by atoms with Crippen LogP contribution < -0.4 is 14.8 Å². The van der Waals surface area contributed by atoms with E-state index in [4.69, 9.17) is 9.47 Å². The van der Waals surface area contributed by atoms with Gasteiger partial charge < -0.3 is 14.8 Å². The van der Waals surface area contributed by atoms with E-state index in [1.165, 1.54) is 30.5 Å². The van der Waals surface area contributed by atoms with Crippen molar-refractivity contribution in [2.45, 2.75) is 18.6 Å². The van der Waals surface area contributed by atoms with Crippen molar-refractivity contribution < 1.29 is 36.8 Å². The first-order valence-corrected chi connectivity index (χ1v) is 14.9. The summed E-state index contributed by atoms with van der Waals surface area (Å²) in [5.41, 5.74) is 0.952. The van der Waals surface area contributed by atoms with Gasteiger partial charge in [-0.2, -0.15) is 9.35 Å². The van der Waals surface area contributed by atoms with E-state index in [0.29, 0.717) is 17.5 Å². The maximum atomic E-state index is 14.8. The minimum atomic E-state index is -3.09. The summed E-state index contributed by atoms with van der Waals surface area (Å²) in [4.78, 5) is 45.2. The van der Waals surface area contributed by atoms with Gasteiger partial charge in [-0.15, -0.1) is 0 Å². The Kier molecular flexibility index (Phi) is 8.24. The molecule has 0 aliphatic carbocycles. The number of pyridine rings is 2. The number of hydrogen-bond donors (Lipinski definition) is 1. The Labute approximate surface area is 239 Å². The molecule has 2 aliphatic rings. The van der Waals surface area contributed by atoms with E-state index in [1.54, 1.807) is 12.1 Å². The van der Waals surface area contributed by atoms with Gasteiger partial charge in [0.15, 0.2) is 0 Å². The van der Waals surface area contributed by atoms with Crippen LogP contribution in [0.25, 0.3) is 11.1 Å². The number of hydrogen-bond acceptors (Lipinski definition) is 9. The van der Waals surface area contributed by atoms with Crippen LogP contribution in [0.2, 0.25) is 0 Å². The second-order valence-corrected chi connectivity index (χ2v) is 12.0. The molecule has 0 saturated carbocycles. The lowest BCUT2D eigenvalue weighted by molar-refractivity contribution is -0.137. The van der Waals surface area contributed by atoms with Crippen LogP contribution in [0.5, 0.6) is 11.6 Å². The van der Waals surface area contributed by atoms with Gasteiger partial charge in [0.1, 0.15) is 29.0 Å². The van der Waals surface area contributed by atoms with E-state index in [9.17, 15) is 27.4 Å². The summed E-state index contributed by atoms with van der Waals surface area (Å²) in [6, 6.07) is 8.38. The SMILES string of the molecule is CS(=O)(Cc1cc2nc(c1)OCCCOc1cc(F)ccc1-c1cc(ncc1F)N2)=NC(=O)CCN1C(=O)C=CC1=O. The van der Waals surface area contributed by atoms with Crippen LogP contribution in [0, 0.1) is 11.6 Å². The molecule has 42 heavy (non-hydrogen) atoms. The molecule has 11 nitrogen and oxygen atoms in total. The minimum absolute atomic E-state index is 0.134. The van der Waals surface area contributed by atoms with Crippen molar-refractivity contribution in [1.82, 2.24) is 14.9 Å². The fourth-order valence-electron chi connectivity index (χ4n) is 4.34. The first-order chi connectivity index (χ1) is 20.1. The Hall–Kier alpha value is -4.72. The van der Waals surface area contributed by atoms with Crippen molar-refractivity contribution in [3.8, 4) is 22.8 Å². The van der Waals surface area contributed by atoms with Gasteiger partial charge in [0.05, 0.1) is 34.9 Å². The summed E-state index contributed by atoms with van der Waals surface area (Å²) >= 11 is 0. The number of imide groups is 1. The van der Waals surface area contributed by atoms with E-state index in [1.807, 2.05) is 0 Å². The summed E-state index contributed by atoms with van der Waals surface area (Å²) in [5.74, 6) is -2.24. The smallest absolute Gasteiger partial charge is 0.255 e. The van der Waals surface area contributed by atoms with Crippen molar-refractivity contribution in [3.05, 3.63) is 71.9 Å². The lowest BCUT2D eigenvalue weighted by atomic mass is 10.0. The maximum Gasteiger partial charge on any atom is 0.255 e. The Balaban J connectivity index is 1.40. The number of fused-ring (bicyclic) bond motifs is 6. The maximum absolute atomic E-state index is 14.8. The number of halogens is 2. The van der Waals surface area contributed by atoms with E-state index in [0.717, 1.165) is 23.2 Å². The van der Waals surface area contributed by atoms with E-state index < -0.39 is 39.1 Å². The molecule has 3 amide bonds. The molecule has 5 rings (SSSR count). The van der Waals surface area contributed by atoms with Crippen LogP contribution in [0.15, 0.2) is 59.1 Å². The molecular formula is C28H25F2N5O6S. The third-order valence-corrected chi connectivity index (χ3v) is 7.64. The summed E-state index contributed by atoms with van der Waals surface area (Å²) < 4.78 is 57.4. The highest BCUT2D eigenvalue weighted by Gasteiger charge is 2.24. The Morgan fingerprint density at radius 1 is 1.05 bits per heavy atom. The van der Waals surface area contributed by atoms with Crippen molar-refractivity contribution in [3.63, 3.8) is 0 Å². The molecule has 1 N–H and O–H groups in total. The molecule has 1 aromatic carbocycles. The first-order valence-electron chi connectivity index (χ1n) is 12.8. The van der Waals surface area contributed by atoms with Gasteiger partial charge in [-0.25, -0.2) is 18.0 Å². The molecule has 0 radical (unpaired) electrons. The number of ether oxygens (including phenoxy) is 2. The number of aromatic nitrogens is 2. The first kappa shape index (κ1) is 28.8. The Morgan fingerprint density at radius 3 is 2.60 bits per heavy atom. The lowest BCUT2D eigenvalue weighted by Crippen LogP contribution is -2.31. The van der Waals surface area contributed by atoms with Gasteiger partial charge in [-0.1, -0.05) is 0 Å². The van der Waals surface area contributed by atoms with Crippen LogP contribution in [-0.2, 0) is 29.9 Å². The highest BCUT2D eigenvalue weighted by atomic mass is 32.2. The third kappa shape index (κ3) is 6.94. The fourth-order valence-corrected chi connectivity index (χ4v) is 5.71. The average molecular weight is 598 g/mol. The van der Waals surface area contributed by atoms with Crippen LogP contribution in [0.4, 0.5) is 20.4 Å². The summed E-state index contributed by atoms with van der Waals surface area (Å²) in [6.07, 6.45) is 4.69. The Bertz CT molecular complexity index is 1720. The number of carbonyl (C=O) groups is 3. The molecule has 14 heteroatoms. The van der Waals surface area contributed by atoms with Crippen molar-refractivity contribution in [2.75, 3.05) is 31.3 Å². The molecule has 2 aromatic heterocycles. The van der Waals surface area contributed by atoms with Crippen LogP contribution >= 0.6 is 0 Å². The molecule has 2 aliphatic heterocycles. The average Bonchev–Trinajstić information content (AvgIpc) is 3.24. The number of benzene rings is 1. The number of anilines is 2. The van der Waals surface area contributed by atoms with Gasteiger partial charge in [0.25, 0.3) is 17.7 Å². The standard InChI is InChI=1S/C28H25F2N5O6S/c1-42(39,34-25(36)7-8-35-27(37)5-6-28(35)38)16-17-11-24-32-23-14-20(21(30)15-31-23)19-4-3-18(29)13-22(19)40-9-2-10-41-26(12-17)33-24/h3-6,11-15H,2,7-10,16H2,1H3,(H,31,32,33). The number of carbonyl (C=O) groups excluding carboxylic acids is 3. The zero-order chi connectivity index (χ0) is 29.9. The largest absolute Gasteiger partial charge is 0.493 e. The quantitative estimate of drug-likeness (QED) is 0.435. The predicted octanol–water partition coefficient (Wildman–Crippen LogP) is 3.77. The number of nitrogens with one attached hydrogen (secondary N) is 1. The van der Waals surface area contributed by atoms with Gasteiger partial charge in [-0.05, 0) is 29.8 Å². The minimum Gasteiger partial charge on any atom is -0.493 e. The molecular weight excluding hydrogens is 572 g/mol. The number of rotatable bonds is 5. The number of nitrogens with zero attached hydrogens (tertiary/aromatic N) is 4. The molecule has 1 unspecified atom stereocenters. The second-order valence-electron chi connectivity index (χ2n) is 9.56. The second kappa shape index (κ2) is 12.0. The van der Waals surface area contributed by atoms with Gasteiger partial charge >= 0.3 is 0 Å². The van der Waals surface area contributed by atoms with Crippen LogP contribution in [0.3, 0.4) is 0 Å². The molecule has 3 aromatic rings. The van der Waals surface area contributed by atoms with E-state index in [-0.39, 0.29) is 60.8 Å². The monoisotopic (exact) mass is 597 g/mol. The summed E-state index contributed by atoms with van der Waals surface area (Å²) in [5, 5.41) is 2.98. The third-order valence-electron chi connectivity index (χ3n) is 6.18. The fraction of sp³-hybridized carbons (Fsp3) is 0.250.